The summed E-state index contributed by atoms with van der Waals surface area (Å²) in [7, 11) is 2.20. The fraction of sp³-hybridized carbons (Fsp3) is 0.545. The summed E-state index contributed by atoms with van der Waals surface area (Å²) in [5, 5.41) is 3.40. The van der Waals surface area contributed by atoms with Crippen molar-refractivity contribution in [2.75, 3.05) is 25.5 Å². The number of pyridine rings is 1. The van der Waals surface area contributed by atoms with Crippen LogP contribution in [0.4, 0.5) is 5.69 Å². The molecule has 1 aromatic rings. The number of nitrogens with one attached hydrogen (secondary N) is 1. The van der Waals surface area contributed by atoms with Crippen molar-refractivity contribution < 1.29 is 0 Å². The minimum atomic E-state index is 0.840. The highest BCUT2D eigenvalue weighted by Gasteiger charge is 2.25. The van der Waals surface area contributed by atoms with Crippen LogP contribution in [-0.4, -0.2) is 36.1 Å². The van der Waals surface area contributed by atoms with Crippen LogP contribution in [-0.2, 0) is 0 Å². The van der Waals surface area contributed by atoms with Gasteiger partial charge in [0.25, 0.3) is 0 Å². The number of halogens is 1. The van der Waals surface area contributed by atoms with Crippen molar-refractivity contribution >= 4 is 21.6 Å². The number of hydrogen-bond donors (Lipinski definition) is 1. The van der Waals surface area contributed by atoms with Crippen molar-refractivity contribution in [3.8, 4) is 0 Å². The molecule has 0 aliphatic heterocycles. The molecule has 1 saturated carbocycles. The lowest BCUT2D eigenvalue weighted by atomic mass is 10.4. The summed E-state index contributed by atoms with van der Waals surface area (Å²) in [5.74, 6) is 0. The highest BCUT2D eigenvalue weighted by atomic mass is 79.9. The van der Waals surface area contributed by atoms with Gasteiger partial charge in [0, 0.05) is 31.5 Å². The molecule has 82 valence electrons. The number of rotatable bonds is 5. The molecule has 1 heterocycles. The van der Waals surface area contributed by atoms with E-state index in [9.17, 15) is 0 Å². The molecule has 0 amide bonds. The summed E-state index contributed by atoms with van der Waals surface area (Å²) in [6, 6.07) is 2.83. The van der Waals surface area contributed by atoms with E-state index < -0.39 is 0 Å². The molecule has 0 saturated heterocycles. The second-order valence-corrected chi connectivity index (χ2v) is 4.85. The SMILES string of the molecule is CN(CCNc1ccncc1Br)C1CC1. The molecule has 1 N–H and O–H groups in total. The zero-order valence-corrected chi connectivity index (χ0v) is 10.5. The topological polar surface area (TPSA) is 28.2 Å². The van der Waals surface area contributed by atoms with Gasteiger partial charge >= 0.3 is 0 Å². The molecule has 0 radical (unpaired) electrons. The van der Waals surface area contributed by atoms with Crippen LogP contribution in [0.1, 0.15) is 12.8 Å². The van der Waals surface area contributed by atoms with Gasteiger partial charge in [0.2, 0.25) is 0 Å². The van der Waals surface area contributed by atoms with Crippen LogP contribution in [0, 0.1) is 0 Å². The Bertz CT molecular complexity index is 325. The first-order valence-electron chi connectivity index (χ1n) is 5.31. The van der Waals surface area contributed by atoms with Crippen molar-refractivity contribution in [3.63, 3.8) is 0 Å². The van der Waals surface area contributed by atoms with E-state index in [1.165, 1.54) is 12.8 Å². The lowest BCUT2D eigenvalue weighted by Crippen LogP contribution is -2.27. The summed E-state index contributed by atoms with van der Waals surface area (Å²) in [4.78, 5) is 6.45. The second-order valence-electron chi connectivity index (χ2n) is 3.99. The first kappa shape index (κ1) is 10.9. The second kappa shape index (κ2) is 4.94. The minimum Gasteiger partial charge on any atom is -0.383 e. The smallest absolute Gasteiger partial charge is 0.0590 e. The maximum Gasteiger partial charge on any atom is 0.0590 e. The zero-order chi connectivity index (χ0) is 10.7. The normalized spacial score (nSPS) is 15.7. The fourth-order valence-electron chi connectivity index (χ4n) is 1.58. The highest BCUT2D eigenvalue weighted by molar-refractivity contribution is 9.10. The van der Waals surface area contributed by atoms with E-state index in [1.807, 2.05) is 12.3 Å². The average molecular weight is 270 g/mol. The fourth-order valence-corrected chi connectivity index (χ4v) is 1.97. The number of aromatic nitrogens is 1. The monoisotopic (exact) mass is 269 g/mol. The van der Waals surface area contributed by atoms with Crippen molar-refractivity contribution in [3.05, 3.63) is 22.9 Å². The Kier molecular flexibility index (Phi) is 3.59. The Morgan fingerprint density at radius 1 is 1.60 bits per heavy atom. The zero-order valence-electron chi connectivity index (χ0n) is 8.91. The van der Waals surface area contributed by atoms with Crippen LogP contribution < -0.4 is 5.32 Å². The molecule has 1 aliphatic carbocycles. The molecule has 15 heavy (non-hydrogen) atoms. The molecule has 0 unspecified atom stereocenters. The largest absolute Gasteiger partial charge is 0.383 e. The molecule has 0 bridgehead atoms. The van der Waals surface area contributed by atoms with Gasteiger partial charge in [0.1, 0.15) is 0 Å². The molecule has 0 aromatic carbocycles. The van der Waals surface area contributed by atoms with Crippen LogP contribution in [0.25, 0.3) is 0 Å². The standard InChI is InChI=1S/C11H16BrN3/c1-15(9-2-3-9)7-6-14-11-4-5-13-8-10(11)12/h4-5,8-9H,2-3,6-7H2,1H3,(H,13,14). The Hall–Kier alpha value is -0.610. The summed E-state index contributed by atoms with van der Waals surface area (Å²) in [5.41, 5.74) is 1.12. The quantitative estimate of drug-likeness (QED) is 0.890. The maximum atomic E-state index is 4.03. The Morgan fingerprint density at radius 3 is 3.07 bits per heavy atom. The van der Waals surface area contributed by atoms with E-state index in [2.05, 4.69) is 38.2 Å². The highest BCUT2D eigenvalue weighted by Crippen LogP contribution is 2.25. The predicted molar refractivity (Wildman–Crippen MR) is 66.1 cm³/mol. The van der Waals surface area contributed by atoms with Gasteiger partial charge in [0.15, 0.2) is 0 Å². The van der Waals surface area contributed by atoms with Gasteiger partial charge in [-0.2, -0.15) is 0 Å². The van der Waals surface area contributed by atoms with E-state index in [-0.39, 0.29) is 0 Å². The molecule has 2 rings (SSSR count). The minimum absolute atomic E-state index is 0.840. The molecular weight excluding hydrogens is 254 g/mol. The van der Waals surface area contributed by atoms with E-state index >= 15 is 0 Å². The molecule has 1 aromatic heterocycles. The van der Waals surface area contributed by atoms with E-state index in [0.29, 0.717) is 0 Å². The lowest BCUT2D eigenvalue weighted by Gasteiger charge is -2.16. The molecule has 4 heteroatoms. The number of hydrogen-bond acceptors (Lipinski definition) is 3. The molecular formula is C11H16BrN3. The molecule has 0 spiro atoms. The van der Waals surface area contributed by atoms with Crippen LogP contribution in [0.3, 0.4) is 0 Å². The van der Waals surface area contributed by atoms with Gasteiger partial charge in [-0.3, -0.25) is 4.98 Å². The van der Waals surface area contributed by atoms with Crippen molar-refractivity contribution in [1.82, 2.24) is 9.88 Å². The van der Waals surface area contributed by atoms with E-state index in [1.54, 1.807) is 6.20 Å². The summed E-state index contributed by atoms with van der Waals surface area (Å²) < 4.78 is 1.03. The first-order valence-corrected chi connectivity index (χ1v) is 6.10. The Morgan fingerprint density at radius 2 is 2.40 bits per heavy atom. The van der Waals surface area contributed by atoms with Gasteiger partial charge in [-0.15, -0.1) is 0 Å². The third-order valence-electron chi connectivity index (χ3n) is 2.72. The molecule has 1 fully saturated rings. The van der Waals surface area contributed by atoms with Gasteiger partial charge in [-0.25, -0.2) is 0 Å². The maximum absolute atomic E-state index is 4.03. The summed E-state index contributed by atoms with van der Waals surface area (Å²) in [6.07, 6.45) is 6.36. The van der Waals surface area contributed by atoms with Gasteiger partial charge in [0.05, 0.1) is 10.2 Å². The summed E-state index contributed by atoms with van der Waals surface area (Å²) in [6.45, 7) is 2.08. The van der Waals surface area contributed by atoms with Crippen LogP contribution in [0.15, 0.2) is 22.9 Å². The van der Waals surface area contributed by atoms with E-state index in [4.69, 9.17) is 0 Å². The molecule has 3 nitrogen and oxygen atoms in total. The summed E-state index contributed by atoms with van der Waals surface area (Å²) >= 11 is 3.47. The van der Waals surface area contributed by atoms with Gasteiger partial charge < -0.3 is 10.2 Å². The predicted octanol–water partition coefficient (Wildman–Crippen LogP) is 2.35. The van der Waals surface area contributed by atoms with Gasteiger partial charge in [-0.05, 0) is 41.9 Å². The molecule has 0 atom stereocenters. The van der Waals surface area contributed by atoms with Crippen LogP contribution in [0.2, 0.25) is 0 Å². The van der Waals surface area contributed by atoms with Crippen LogP contribution in [0.5, 0.6) is 0 Å². The van der Waals surface area contributed by atoms with Gasteiger partial charge in [-0.1, -0.05) is 0 Å². The number of nitrogens with zero attached hydrogens (tertiary/aromatic N) is 2. The number of likely N-dealkylation sites (N-methyl/N-ethyl adjacent to an activating group) is 1. The third-order valence-corrected chi connectivity index (χ3v) is 3.35. The lowest BCUT2D eigenvalue weighted by molar-refractivity contribution is 0.337. The Balaban J connectivity index is 1.75. The van der Waals surface area contributed by atoms with Crippen molar-refractivity contribution in [2.24, 2.45) is 0 Å². The molecule has 1 aliphatic rings. The van der Waals surface area contributed by atoms with Crippen molar-refractivity contribution in [1.29, 1.82) is 0 Å². The first-order chi connectivity index (χ1) is 7.27. The Labute approximate surface area is 99.0 Å². The van der Waals surface area contributed by atoms with Crippen LogP contribution >= 0.6 is 15.9 Å². The average Bonchev–Trinajstić information content (AvgIpc) is 3.04. The third kappa shape index (κ3) is 3.18. The number of anilines is 1. The van der Waals surface area contributed by atoms with E-state index in [0.717, 1.165) is 29.3 Å². The van der Waals surface area contributed by atoms with Crippen molar-refractivity contribution in [2.45, 2.75) is 18.9 Å².